The van der Waals surface area contributed by atoms with Crippen molar-refractivity contribution in [3.8, 4) is 22.0 Å². The van der Waals surface area contributed by atoms with Gasteiger partial charge < -0.3 is 20.6 Å². The van der Waals surface area contributed by atoms with Gasteiger partial charge in [-0.15, -0.1) is 11.3 Å². The monoisotopic (exact) mass is 514 g/mol. The number of amides is 2. The summed E-state index contributed by atoms with van der Waals surface area (Å²) in [5, 5.41) is 19.5. The fourth-order valence-electron chi connectivity index (χ4n) is 4.28. The summed E-state index contributed by atoms with van der Waals surface area (Å²) in [4.78, 5) is 39.8. The molecule has 2 amide bonds. The summed E-state index contributed by atoms with van der Waals surface area (Å²) in [5.74, 6) is -0.0768. The maximum Gasteiger partial charge on any atom is 0.258 e. The predicted molar refractivity (Wildman–Crippen MR) is 143 cm³/mol. The van der Waals surface area contributed by atoms with Crippen molar-refractivity contribution in [3.05, 3.63) is 76.8 Å². The zero-order valence-electron chi connectivity index (χ0n) is 20.6. The second-order valence-corrected chi connectivity index (χ2v) is 9.81. The van der Waals surface area contributed by atoms with E-state index in [1.54, 1.807) is 49.5 Å². The van der Waals surface area contributed by atoms with Gasteiger partial charge in [-0.2, -0.15) is 0 Å². The topological polar surface area (TPSA) is 120 Å². The number of aryl methyl sites for hydroxylation is 1. The first-order chi connectivity index (χ1) is 17.8. The maximum absolute atomic E-state index is 12.5. The molecule has 0 aliphatic carbocycles. The number of likely N-dealkylation sites (N-methyl/N-ethyl adjacent to an activating group) is 1. The molecule has 1 saturated heterocycles. The molecule has 3 N–H and O–H groups in total. The summed E-state index contributed by atoms with van der Waals surface area (Å²) < 4.78 is 0. The fraction of sp³-hybridized carbons (Fsp3) is 0.222. The number of nitrogens with zero attached hydrogens (tertiary/aromatic N) is 4. The zero-order valence-corrected chi connectivity index (χ0v) is 21.5. The molecule has 3 heterocycles. The lowest BCUT2D eigenvalue weighted by Gasteiger charge is -2.21. The van der Waals surface area contributed by atoms with Crippen LogP contribution in [-0.2, 0) is 10.4 Å². The number of anilines is 2. The van der Waals surface area contributed by atoms with Crippen molar-refractivity contribution in [2.75, 3.05) is 26.0 Å². The minimum absolute atomic E-state index is 0.173. The number of carbonyl (C=O) groups excluding carboxylic acids is 2. The largest absolute Gasteiger partial charge is 0.375 e. The molecule has 1 fully saturated rings. The van der Waals surface area contributed by atoms with Gasteiger partial charge in [-0.1, -0.05) is 24.3 Å². The SMILES string of the molecule is CNC(=O)c1ccc(C)c(Nc2nccc(-c3csc(-c4cccc(C5(O)CCN(C)C5=O)c4)n3)n2)c1. The number of rotatable bonds is 6. The summed E-state index contributed by atoms with van der Waals surface area (Å²) in [7, 11) is 3.29. The Balaban J connectivity index is 1.40. The third-order valence-electron chi connectivity index (χ3n) is 6.49. The number of nitrogens with one attached hydrogen (secondary N) is 2. The number of benzene rings is 2. The molecule has 1 atom stereocenters. The van der Waals surface area contributed by atoms with Gasteiger partial charge in [0.25, 0.3) is 11.8 Å². The van der Waals surface area contributed by atoms with E-state index < -0.39 is 5.60 Å². The van der Waals surface area contributed by atoms with Gasteiger partial charge in [-0.25, -0.2) is 15.0 Å². The normalized spacial score (nSPS) is 17.2. The first-order valence-corrected chi connectivity index (χ1v) is 12.6. The van der Waals surface area contributed by atoms with Crippen LogP contribution < -0.4 is 10.6 Å². The molecule has 2 aromatic carbocycles. The average molecular weight is 515 g/mol. The van der Waals surface area contributed by atoms with Crippen LogP contribution in [0.5, 0.6) is 0 Å². The Kier molecular flexibility index (Phi) is 6.45. The Hall–Kier alpha value is -4.15. The molecule has 2 aromatic heterocycles. The molecular formula is C27H26N6O3S. The molecule has 0 spiro atoms. The van der Waals surface area contributed by atoms with Crippen molar-refractivity contribution in [1.29, 1.82) is 0 Å². The van der Waals surface area contributed by atoms with E-state index in [1.807, 2.05) is 36.6 Å². The van der Waals surface area contributed by atoms with Gasteiger partial charge in [0, 0.05) is 55.5 Å². The molecule has 1 aliphatic rings. The highest BCUT2D eigenvalue weighted by Gasteiger charge is 2.45. The molecule has 10 heteroatoms. The van der Waals surface area contributed by atoms with Crippen molar-refractivity contribution in [1.82, 2.24) is 25.2 Å². The minimum Gasteiger partial charge on any atom is -0.375 e. The third-order valence-corrected chi connectivity index (χ3v) is 7.38. The molecule has 5 rings (SSSR count). The van der Waals surface area contributed by atoms with Gasteiger partial charge >= 0.3 is 0 Å². The molecule has 1 aliphatic heterocycles. The molecule has 9 nitrogen and oxygen atoms in total. The van der Waals surface area contributed by atoms with Crippen molar-refractivity contribution < 1.29 is 14.7 Å². The Morgan fingerprint density at radius 2 is 1.97 bits per heavy atom. The number of likely N-dealkylation sites (tertiary alicyclic amines) is 1. The number of aliphatic hydroxyl groups is 1. The first-order valence-electron chi connectivity index (χ1n) is 11.8. The summed E-state index contributed by atoms with van der Waals surface area (Å²) in [6, 6.07) is 14.5. The lowest BCUT2D eigenvalue weighted by atomic mass is 9.91. The van der Waals surface area contributed by atoms with Crippen LogP contribution in [-0.4, -0.2) is 57.4 Å². The minimum atomic E-state index is -1.51. The van der Waals surface area contributed by atoms with E-state index in [4.69, 9.17) is 4.98 Å². The number of hydrogen-bond acceptors (Lipinski definition) is 8. The highest BCUT2D eigenvalue weighted by Crippen LogP contribution is 2.36. The van der Waals surface area contributed by atoms with Crippen LogP contribution in [0, 0.1) is 6.92 Å². The molecule has 0 saturated carbocycles. The average Bonchev–Trinajstić information content (AvgIpc) is 3.52. The Morgan fingerprint density at radius 3 is 2.73 bits per heavy atom. The molecule has 0 radical (unpaired) electrons. The van der Waals surface area contributed by atoms with Gasteiger partial charge in [0.15, 0.2) is 5.60 Å². The highest BCUT2D eigenvalue weighted by atomic mass is 32.1. The van der Waals surface area contributed by atoms with Crippen LogP contribution >= 0.6 is 11.3 Å². The lowest BCUT2D eigenvalue weighted by molar-refractivity contribution is -0.143. The molecule has 1 unspecified atom stereocenters. The summed E-state index contributed by atoms with van der Waals surface area (Å²) >= 11 is 1.46. The molecular weight excluding hydrogens is 488 g/mol. The second kappa shape index (κ2) is 9.72. The first kappa shape index (κ1) is 24.5. The smallest absolute Gasteiger partial charge is 0.258 e. The predicted octanol–water partition coefficient (Wildman–Crippen LogP) is 3.73. The zero-order chi connectivity index (χ0) is 26.2. The number of hydrogen-bond donors (Lipinski definition) is 3. The van der Waals surface area contributed by atoms with Gasteiger partial charge in [0.2, 0.25) is 5.95 Å². The Labute approximate surface area is 218 Å². The lowest BCUT2D eigenvalue weighted by Crippen LogP contribution is -2.36. The van der Waals surface area contributed by atoms with E-state index in [9.17, 15) is 14.7 Å². The quantitative estimate of drug-likeness (QED) is 0.359. The molecule has 37 heavy (non-hydrogen) atoms. The Bertz CT molecular complexity index is 1500. The number of thiazole rings is 1. The summed E-state index contributed by atoms with van der Waals surface area (Å²) in [6.45, 7) is 2.45. The standard InChI is InChI=1S/C27H26N6O3S/c1-16-7-8-17(23(34)28-2)14-21(16)32-26-29-11-9-20(31-26)22-15-37-24(30-22)18-5-4-6-19(13-18)27(36)10-12-33(3)25(27)35/h4-9,11,13-15,36H,10,12H2,1-3H3,(H,28,34)(H,29,31,32). The van der Waals surface area contributed by atoms with E-state index in [0.717, 1.165) is 21.8 Å². The van der Waals surface area contributed by atoms with Gasteiger partial charge in [0.05, 0.1) is 5.69 Å². The van der Waals surface area contributed by atoms with Gasteiger partial charge in [-0.05, 0) is 42.3 Å². The summed E-state index contributed by atoms with van der Waals surface area (Å²) in [6.07, 6.45) is 2.01. The molecule has 0 bridgehead atoms. The fourth-order valence-corrected chi connectivity index (χ4v) is 5.09. The molecule has 4 aromatic rings. The molecule has 188 valence electrons. The van der Waals surface area contributed by atoms with Gasteiger partial charge in [-0.3, -0.25) is 9.59 Å². The van der Waals surface area contributed by atoms with Crippen LogP contribution in [0.1, 0.15) is 27.9 Å². The summed E-state index contributed by atoms with van der Waals surface area (Å²) in [5.41, 5.74) is 3.42. The van der Waals surface area contributed by atoms with E-state index in [1.165, 1.54) is 11.3 Å². The Morgan fingerprint density at radius 1 is 1.14 bits per heavy atom. The van der Waals surface area contributed by atoms with E-state index in [2.05, 4.69) is 20.6 Å². The van der Waals surface area contributed by atoms with Crippen LogP contribution in [0.3, 0.4) is 0 Å². The van der Waals surface area contributed by atoms with E-state index in [0.29, 0.717) is 41.4 Å². The maximum atomic E-state index is 12.5. The van der Waals surface area contributed by atoms with E-state index in [-0.39, 0.29) is 11.8 Å². The van der Waals surface area contributed by atoms with Gasteiger partial charge in [0.1, 0.15) is 10.7 Å². The van der Waals surface area contributed by atoms with Crippen LogP contribution in [0.2, 0.25) is 0 Å². The van der Waals surface area contributed by atoms with Crippen LogP contribution in [0.15, 0.2) is 60.1 Å². The van der Waals surface area contributed by atoms with Crippen molar-refractivity contribution >= 4 is 34.8 Å². The van der Waals surface area contributed by atoms with Crippen molar-refractivity contribution in [2.24, 2.45) is 0 Å². The third kappa shape index (κ3) is 4.68. The van der Waals surface area contributed by atoms with Crippen LogP contribution in [0.25, 0.3) is 22.0 Å². The number of aromatic nitrogens is 3. The number of carbonyl (C=O) groups is 2. The highest BCUT2D eigenvalue weighted by molar-refractivity contribution is 7.13. The van der Waals surface area contributed by atoms with E-state index >= 15 is 0 Å². The van der Waals surface area contributed by atoms with Crippen LogP contribution in [0.4, 0.5) is 11.6 Å². The van der Waals surface area contributed by atoms with Crippen molar-refractivity contribution in [2.45, 2.75) is 18.9 Å². The second-order valence-electron chi connectivity index (χ2n) is 8.95. The van der Waals surface area contributed by atoms with Crippen molar-refractivity contribution in [3.63, 3.8) is 0 Å².